The summed E-state index contributed by atoms with van der Waals surface area (Å²) in [6.07, 6.45) is 4.49. The fourth-order valence-electron chi connectivity index (χ4n) is 2.90. The Morgan fingerprint density at radius 3 is 2.85 bits per heavy atom. The Morgan fingerprint density at radius 1 is 1.35 bits per heavy atom. The Labute approximate surface area is 128 Å². The van der Waals surface area contributed by atoms with Crippen LogP contribution in [0, 0.1) is 5.92 Å². The molecule has 1 atom stereocenters. The predicted molar refractivity (Wildman–Crippen MR) is 83.3 cm³/mol. The highest BCUT2D eigenvalue weighted by Crippen LogP contribution is 2.31. The number of rotatable bonds is 4. The van der Waals surface area contributed by atoms with Gasteiger partial charge in [0.25, 0.3) is 0 Å². The summed E-state index contributed by atoms with van der Waals surface area (Å²) in [5.74, 6) is 0.524. The molecule has 1 aliphatic heterocycles. The van der Waals surface area contributed by atoms with Gasteiger partial charge in [-0.05, 0) is 49.9 Å². The van der Waals surface area contributed by atoms with Gasteiger partial charge in [-0.25, -0.2) is 0 Å². The van der Waals surface area contributed by atoms with E-state index < -0.39 is 0 Å². The van der Waals surface area contributed by atoms with Crippen LogP contribution in [0.4, 0.5) is 0 Å². The predicted octanol–water partition coefficient (Wildman–Crippen LogP) is 2.94. The normalized spacial score (nSPS) is 22.6. The molecule has 20 heavy (non-hydrogen) atoms. The zero-order chi connectivity index (χ0) is 13.9. The van der Waals surface area contributed by atoms with Gasteiger partial charge < -0.3 is 10.2 Å². The van der Waals surface area contributed by atoms with Gasteiger partial charge in [-0.3, -0.25) is 4.79 Å². The first kappa shape index (κ1) is 14.1. The van der Waals surface area contributed by atoms with Crippen molar-refractivity contribution in [2.24, 2.45) is 5.92 Å². The molecule has 1 N–H and O–H groups in total. The first-order chi connectivity index (χ1) is 9.74. The maximum atomic E-state index is 12.7. The Kier molecular flexibility index (Phi) is 4.41. The number of hydrogen-bond acceptors (Lipinski definition) is 2. The maximum absolute atomic E-state index is 12.7. The molecule has 2 aliphatic rings. The topological polar surface area (TPSA) is 32.3 Å². The quantitative estimate of drug-likeness (QED) is 0.916. The summed E-state index contributed by atoms with van der Waals surface area (Å²) in [6, 6.07) is 8.76. The third-order valence-corrected chi connectivity index (χ3v) is 4.65. The standard InChI is InChI=1S/C16H21BrN2O/c17-14-5-1-3-12(9-14)11-19(15-6-7-15)16(20)13-4-2-8-18-10-13/h1,3,5,9,13,15,18H,2,4,6-8,10-11H2. The smallest absolute Gasteiger partial charge is 0.227 e. The van der Waals surface area contributed by atoms with Gasteiger partial charge in [-0.2, -0.15) is 0 Å². The van der Waals surface area contributed by atoms with Gasteiger partial charge in [0.15, 0.2) is 0 Å². The Balaban J connectivity index is 1.70. The lowest BCUT2D eigenvalue weighted by atomic mass is 9.97. The molecule has 4 heteroatoms. The largest absolute Gasteiger partial charge is 0.335 e. The van der Waals surface area contributed by atoms with Crippen molar-refractivity contribution in [2.45, 2.75) is 38.3 Å². The molecule has 1 saturated heterocycles. The van der Waals surface area contributed by atoms with Gasteiger partial charge in [-0.15, -0.1) is 0 Å². The zero-order valence-corrected chi connectivity index (χ0v) is 13.2. The second-order valence-corrected chi connectivity index (χ2v) is 6.79. The van der Waals surface area contributed by atoms with E-state index >= 15 is 0 Å². The first-order valence-corrected chi connectivity index (χ1v) is 8.29. The number of piperidine rings is 1. The minimum Gasteiger partial charge on any atom is -0.335 e. The van der Waals surface area contributed by atoms with E-state index in [1.165, 1.54) is 18.4 Å². The molecule has 1 aromatic carbocycles. The fourth-order valence-corrected chi connectivity index (χ4v) is 3.35. The number of nitrogens with one attached hydrogen (secondary N) is 1. The molecule has 2 fully saturated rings. The number of halogens is 1. The van der Waals surface area contributed by atoms with E-state index in [9.17, 15) is 4.79 Å². The van der Waals surface area contributed by atoms with Crippen LogP contribution in [0.1, 0.15) is 31.2 Å². The summed E-state index contributed by atoms with van der Waals surface area (Å²) >= 11 is 3.50. The molecule has 1 amide bonds. The van der Waals surface area contributed by atoms with E-state index in [1.807, 2.05) is 12.1 Å². The number of carbonyl (C=O) groups is 1. The minimum atomic E-state index is 0.177. The van der Waals surface area contributed by atoms with Crippen molar-refractivity contribution in [3.05, 3.63) is 34.3 Å². The summed E-state index contributed by atoms with van der Waals surface area (Å²) in [6.45, 7) is 2.65. The highest BCUT2D eigenvalue weighted by molar-refractivity contribution is 9.10. The molecular formula is C16H21BrN2O. The van der Waals surface area contributed by atoms with Crippen molar-refractivity contribution in [1.29, 1.82) is 0 Å². The van der Waals surface area contributed by atoms with Crippen LogP contribution in [-0.2, 0) is 11.3 Å². The van der Waals surface area contributed by atoms with Crippen LogP contribution in [0.3, 0.4) is 0 Å². The first-order valence-electron chi connectivity index (χ1n) is 7.49. The molecule has 0 aromatic heterocycles. The van der Waals surface area contributed by atoms with Gasteiger partial charge in [-0.1, -0.05) is 28.1 Å². The molecule has 108 valence electrons. The highest BCUT2D eigenvalue weighted by atomic mass is 79.9. The van der Waals surface area contributed by atoms with Crippen LogP contribution in [0.15, 0.2) is 28.7 Å². The van der Waals surface area contributed by atoms with Crippen molar-refractivity contribution in [1.82, 2.24) is 10.2 Å². The molecule has 1 heterocycles. The second-order valence-electron chi connectivity index (χ2n) is 5.87. The molecule has 0 spiro atoms. The summed E-state index contributed by atoms with van der Waals surface area (Å²) in [7, 11) is 0. The summed E-state index contributed by atoms with van der Waals surface area (Å²) in [5, 5.41) is 3.35. The summed E-state index contributed by atoms with van der Waals surface area (Å²) in [4.78, 5) is 14.9. The zero-order valence-electron chi connectivity index (χ0n) is 11.6. The highest BCUT2D eigenvalue weighted by Gasteiger charge is 2.36. The molecule has 3 nitrogen and oxygen atoms in total. The van der Waals surface area contributed by atoms with Crippen LogP contribution in [0.25, 0.3) is 0 Å². The van der Waals surface area contributed by atoms with Crippen LogP contribution in [0.2, 0.25) is 0 Å². The molecule has 1 aliphatic carbocycles. The molecule has 0 radical (unpaired) electrons. The van der Waals surface area contributed by atoms with Crippen LogP contribution in [0.5, 0.6) is 0 Å². The molecule has 1 unspecified atom stereocenters. The SMILES string of the molecule is O=C(C1CCCNC1)N(Cc1cccc(Br)c1)C1CC1. The van der Waals surface area contributed by atoms with Crippen molar-refractivity contribution < 1.29 is 4.79 Å². The van der Waals surface area contributed by atoms with Crippen LogP contribution >= 0.6 is 15.9 Å². The van der Waals surface area contributed by atoms with Gasteiger partial charge in [0.05, 0.1) is 5.92 Å². The number of nitrogens with zero attached hydrogens (tertiary/aromatic N) is 1. The molecule has 1 saturated carbocycles. The van der Waals surface area contributed by atoms with Crippen molar-refractivity contribution in [3.8, 4) is 0 Å². The molecule has 0 bridgehead atoms. The Morgan fingerprint density at radius 2 is 2.20 bits per heavy atom. The van der Waals surface area contributed by atoms with E-state index in [1.54, 1.807) is 0 Å². The van der Waals surface area contributed by atoms with Gasteiger partial charge in [0.2, 0.25) is 5.91 Å². The van der Waals surface area contributed by atoms with E-state index in [0.29, 0.717) is 11.9 Å². The Hall–Kier alpha value is -0.870. The monoisotopic (exact) mass is 336 g/mol. The molecule has 3 rings (SSSR count). The van der Waals surface area contributed by atoms with E-state index in [2.05, 4.69) is 38.3 Å². The third kappa shape index (κ3) is 3.41. The van der Waals surface area contributed by atoms with Gasteiger partial charge in [0.1, 0.15) is 0 Å². The number of carbonyl (C=O) groups excluding carboxylic acids is 1. The lowest BCUT2D eigenvalue weighted by molar-refractivity contribution is -0.137. The van der Waals surface area contributed by atoms with Gasteiger partial charge >= 0.3 is 0 Å². The van der Waals surface area contributed by atoms with Crippen LogP contribution < -0.4 is 5.32 Å². The van der Waals surface area contributed by atoms with Crippen molar-refractivity contribution in [2.75, 3.05) is 13.1 Å². The Bertz CT molecular complexity index is 481. The number of amides is 1. The number of hydrogen-bond donors (Lipinski definition) is 1. The second kappa shape index (κ2) is 6.27. The minimum absolute atomic E-state index is 0.177. The lowest BCUT2D eigenvalue weighted by Crippen LogP contribution is -2.43. The summed E-state index contributed by atoms with van der Waals surface area (Å²) < 4.78 is 1.08. The fraction of sp³-hybridized carbons (Fsp3) is 0.562. The van der Waals surface area contributed by atoms with E-state index in [0.717, 1.165) is 36.9 Å². The van der Waals surface area contributed by atoms with Crippen molar-refractivity contribution in [3.63, 3.8) is 0 Å². The maximum Gasteiger partial charge on any atom is 0.227 e. The lowest BCUT2D eigenvalue weighted by Gasteiger charge is -2.30. The third-order valence-electron chi connectivity index (χ3n) is 4.16. The van der Waals surface area contributed by atoms with Gasteiger partial charge in [0, 0.05) is 23.6 Å². The van der Waals surface area contributed by atoms with Crippen molar-refractivity contribution >= 4 is 21.8 Å². The summed E-state index contributed by atoms with van der Waals surface area (Å²) in [5.41, 5.74) is 1.21. The number of benzene rings is 1. The van der Waals surface area contributed by atoms with E-state index in [4.69, 9.17) is 0 Å². The average Bonchev–Trinajstić information content (AvgIpc) is 3.30. The van der Waals surface area contributed by atoms with E-state index in [-0.39, 0.29) is 5.92 Å². The van der Waals surface area contributed by atoms with Crippen LogP contribution in [-0.4, -0.2) is 29.9 Å². The molecular weight excluding hydrogens is 316 g/mol. The average molecular weight is 337 g/mol. The molecule has 1 aromatic rings.